The van der Waals surface area contributed by atoms with Crippen LogP contribution in [0.4, 0.5) is 8.78 Å². The molecule has 2 aromatic carbocycles. The minimum absolute atomic E-state index is 0.00530. The second kappa shape index (κ2) is 14.1. The van der Waals surface area contributed by atoms with Crippen molar-refractivity contribution in [2.45, 2.75) is 39.5 Å². The highest BCUT2D eigenvalue weighted by Crippen LogP contribution is 2.41. The van der Waals surface area contributed by atoms with Crippen molar-refractivity contribution in [3.8, 4) is 23.0 Å². The number of aromatic nitrogens is 1. The van der Waals surface area contributed by atoms with Crippen LogP contribution >= 0.6 is 11.3 Å². The standard InChI is InChI=1S/C32H31F2NO10S/c1-32(2,31(40)41)15-21(37)25-12-17-24(46-25)14-23(43-4)30(28(17)34)45-11-5-10-44-29-22(42-3)13-19-16(27(29)33)6-7-18(35-19)20(36)8-9-26(38)39/h6-7,12-14H,5,8-11,15H2,1-4H3,(H,38,39)(H,40,41). The van der Waals surface area contributed by atoms with E-state index in [2.05, 4.69) is 4.98 Å². The van der Waals surface area contributed by atoms with Gasteiger partial charge in [-0.25, -0.2) is 13.8 Å². The molecule has 4 rings (SSSR count). The number of benzene rings is 2. The summed E-state index contributed by atoms with van der Waals surface area (Å²) in [4.78, 5) is 51.6. The topological polar surface area (TPSA) is 159 Å². The maximum Gasteiger partial charge on any atom is 0.309 e. The van der Waals surface area contributed by atoms with Gasteiger partial charge in [-0.3, -0.25) is 19.2 Å². The van der Waals surface area contributed by atoms with Crippen LogP contribution in [0.15, 0.2) is 30.3 Å². The Balaban J connectivity index is 1.44. The second-order valence-electron chi connectivity index (χ2n) is 10.9. The van der Waals surface area contributed by atoms with Gasteiger partial charge in [0.1, 0.15) is 5.69 Å². The molecule has 0 atom stereocenters. The van der Waals surface area contributed by atoms with Crippen LogP contribution in [0, 0.1) is 17.0 Å². The van der Waals surface area contributed by atoms with Crippen molar-refractivity contribution in [1.82, 2.24) is 4.98 Å². The largest absolute Gasteiger partial charge is 0.493 e. The first-order valence-corrected chi connectivity index (χ1v) is 14.8. The summed E-state index contributed by atoms with van der Waals surface area (Å²) in [5.41, 5.74) is -1.17. The van der Waals surface area contributed by atoms with Crippen molar-refractivity contribution in [2.75, 3.05) is 27.4 Å². The van der Waals surface area contributed by atoms with Crippen LogP contribution in [0.3, 0.4) is 0 Å². The highest BCUT2D eigenvalue weighted by atomic mass is 32.1. The molecule has 0 spiro atoms. The highest BCUT2D eigenvalue weighted by molar-refractivity contribution is 7.20. The SMILES string of the molecule is COc1cc2nc(C(=O)CCC(=O)O)ccc2c(F)c1OCCCOc1c(OC)cc2sc(C(=O)CC(C)(C)C(=O)O)cc2c1F. The first kappa shape index (κ1) is 34.0. The molecule has 2 N–H and O–H groups in total. The van der Waals surface area contributed by atoms with Crippen molar-refractivity contribution in [3.05, 3.63) is 52.5 Å². The summed E-state index contributed by atoms with van der Waals surface area (Å²) in [7, 11) is 2.64. The number of carbonyl (C=O) groups is 4. The average molecular weight is 660 g/mol. The number of hydrogen-bond acceptors (Lipinski definition) is 10. The first-order chi connectivity index (χ1) is 21.8. The lowest BCUT2D eigenvalue weighted by Crippen LogP contribution is -2.26. The summed E-state index contributed by atoms with van der Waals surface area (Å²) in [6.07, 6.45) is -0.674. The smallest absolute Gasteiger partial charge is 0.309 e. The van der Waals surface area contributed by atoms with E-state index in [1.54, 1.807) is 0 Å². The summed E-state index contributed by atoms with van der Waals surface area (Å²) < 4.78 is 53.3. The predicted molar refractivity (Wildman–Crippen MR) is 164 cm³/mol. The minimum atomic E-state index is -1.29. The first-order valence-electron chi connectivity index (χ1n) is 14.0. The summed E-state index contributed by atoms with van der Waals surface area (Å²) in [6.45, 7) is 2.77. The Bertz CT molecular complexity index is 1840. The third kappa shape index (κ3) is 7.33. The van der Waals surface area contributed by atoms with Crippen LogP contribution in [0.5, 0.6) is 23.0 Å². The lowest BCUT2D eigenvalue weighted by molar-refractivity contribution is -0.146. The third-order valence-corrected chi connectivity index (χ3v) is 8.19. The van der Waals surface area contributed by atoms with E-state index in [-0.39, 0.29) is 88.8 Å². The number of halogens is 2. The molecule has 0 aliphatic rings. The number of rotatable bonds is 16. The van der Waals surface area contributed by atoms with Crippen molar-refractivity contribution in [2.24, 2.45) is 5.41 Å². The Morgan fingerprint density at radius 3 is 2.04 bits per heavy atom. The average Bonchev–Trinajstić information content (AvgIpc) is 3.45. The Labute approximate surface area is 265 Å². The van der Waals surface area contributed by atoms with Gasteiger partial charge in [0.25, 0.3) is 0 Å². The zero-order valence-electron chi connectivity index (χ0n) is 25.4. The molecule has 0 aliphatic heterocycles. The molecule has 4 aromatic rings. The minimum Gasteiger partial charge on any atom is -0.493 e. The number of hydrogen-bond donors (Lipinski definition) is 2. The van der Waals surface area contributed by atoms with E-state index in [1.807, 2.05) is 0 Å². The fourth-order valence-corrected chi connectivity index (χ4v) is 5.50. The molecule has 2 heterocycles. The fourth-order valence-electron chi connectivity index (χ4n) is 4.47. The lowest BCUT2D eigenvalue weighted by atomic mass is 9.87. The van der Waals surface area contributed by atoms with Gasteiger partial charge in [-0.15, -0.1) is 11.3 Å². The molecular weight excluding hydrogens is 628 g/mol. The van der Waals surface area contributed by atoms with Gasteiger partial charge >= 0.3 is 11.9 Å². The van der Waals surface area contributed by atoms with E-state index in [1.165, 1.54) is 58.4 Å². The molecule has 0 radical (unpaired) electrons. The number of Topliss-reactive ketones (excluding diaryl/α,β-unsaturated/α-hetero) is 2. The van der Waals surface area contributed by atoms with Gasteiger partial charge in [0.2, 0.25) is 0 Å². The molecule has 46 heavy (non-hydrogen) atoms. The number of nitrogens with zero attached hydrogens (tertiary/aromatic N) is 1. The van der Waals surface area contributed by atoms with Gasteiger partial charge < -0.3 is 29.2 Å². The molecule has 2 aromatic heterocycles. The molecule has 0 saturated carbocycles. The maximum absolute atomic E-state index is 15.5. The summed E-state index contributed by atoms with van der Waals surface area (Å²) in [5, 5.41) is 18.3. The zero-order chi connectivity index (χ0) is 33.8. The second-order valence-corrected chi connectivity index (χ2v) is 12.0. The third-order valence-electron chi connectivity index (χ3n) is 7.06. The van der Waals surface area contributed by atoms with Crippen molar-refractivity contribution in [3.63, 3.8) is 0 Å². The van der Waals surface area contributed by atoms with E-state index < -0.39 is 40.6 Å². The normalized spacial score (nSPS) is 11.4. The molecule has 0 saturated heterocycles. The molecule has 0 amide bonds. The van der Waals surface area contributed by atoms with Crippen LogP contribution in [-0.2, 0) is 9.59 Å². The lowest BCUT2D eigenvalue weighted by Gasteiger charge is -2.16. The maximum atomic E-state index is 15.5. The number of carbonyl (C=O) groups excluding carboxylic acids is 2. The van der Waals surface area contributed by atoms with Gasteiger partial charge in [0.15, 0.2) is 46.2 Å². The van der Waals surface area contributed by atoms with E-state index in [4.69, 9.17) is 24.1 Å². The number of methoxy groups -OCH3 is 2. The predicted octanol–water partition coefficient (Wildman–Crippen LogP) is 6.32. The molecule has 11 nitrogen and oxygen atoms in total. The van der Waals surface area contributed by atoms with Gasteiger partial charge in [-0.1, -0.05) is 0 Å². The molecule has 14 heteroatoms. The Hall–Kier alpha value is -4.85. The molecule has 0 aliphatic carbocycles. The zero-order valence-corrected chi connectivity index (χ0v) is 26.2. The quantitative estimate of drug-likeness (QED) is 0.102. The number of carboxylic acids is 2. The van der Waals surface area contributed by atoms with E-state index >= 15 is 8.78 Å². The summed E-state index contributed by atoms with van der Waals surface area (Å²) >= 11 is 1.02. The van der Waals surface area contributed by atoms with Crippen molar-refractivity contribution >= 4 is 55.8 Å². The molecule has 244 valence electrons. The van der Waals surface area contributed by atoms with Crippen molar-refractivity contribution in [1.29, 1.82) is 0 Å². The van der Waals surface area contributed by atoms with Crippen LogP contribution < -0.4 is 18.9 Å². The molecule has 0 unspecified atom stereocenters. The number of ketones is 2. The van der Waals surface area contributed by atoms with E-state index in [0.717, 1.165) is 11.3 Å². The van der Waals surface area contributed by atoms with Crippen molar-refractivity contribution < 1.29 is 57.1 Å². The fraction of sp³-hybridized carbons (Fsp3) is 0.344. The van der Waals surface area contributed by atoms with Gasteiger partial charge in [-0.2, -0.15) is 0 Å². The molecule has 0 fully saturated rings. The van der Waals surface area contributed by atoms with E-state index in [9.17, 15) is 24.3 Å². The van der Waals surface area contributed by atoms with Crippen LogP contribution in [0.1, 0.15) is 59.7 Å². The van der Waals surface area contributed by atoms with Crippen LogP contribution in [0.25, 0.3) is 21.0 Å². The number of ether oxygens (including phenoxy) is 4. The van der Waals surface area contributed by atoms with Gasteiger partial charge in [0, 0.05) is 46.9 Å². The Morgan fingerprint density at radius 1 is 0.848 bits per heavy atom. The molecule has 0 bridgehead atoms. The van der Waals surface area contributed by atoms with Crippen LogP contribution in [0.2, 0.25) is 0 Å². The highest BCUT2D eigenvalue weighted by Gasteiger charge is 2.31. The van der Waals surface area contributed by atoms with E-state index in [0.29, 0.717) is 4.70 Å². The monoisotopic (exact) mass is 659 g/mol. The Kier molecular flexibility index (Phi) is 10.4. The number of thiophene rings is 1. The van der Waals surface area contributed by atoms with Gasteiger partial charge in [0.05, 0.1) is 49.7 Å². The van der Waals surface area contributed by atoms with Gasteiger partial charge in [-0.05, 0) is 32.0 Å². The number of carboxylic acid groups (broad SMARTS) is 2. The number of fused-ring (bicyclic) bond motifs is 2. The van der Waals surface area contributed by atoms with Crippen LogP contribution in [-0.4, -0.2) is 66.1 Å². The Morgan fingerprint density at radius 2 is 1.46 bits per heavy atom. The summed E-state index contributed by atoms with van der Waals surface area (Å²) in [5.74, 6) is -4.98. The number of pyridine rings is 1. The summed E-state index contributed by atoms with van der Waals surface area (Å²) in [6, 6.07) is 6.95. The number of aliphatic carboxylic acids is 2. The molecular formula is C32H31F2NO10S.